The summed E-state index contributed by atoms with van der Waals surface area (Å²) in [7, 11) is 2.10. The van der Waals surface area contributed by atoms with Crippen LogP contribution in [-0.2, 0) is 13.6 Å². The summed E-state index contributed by atoms with van der Waals surface area (Å²) in [5.41, 5.74) is 0. The Hall–Kier alpha value is -1.59. The number of aromatic nitrogens is 2. The molecule has 1 N–H and O–H groups in total. The number of nitrogens with zero attached hydrogens (tertiary/aromatic N) is 3. The van der Waals surface area contributed by atoms with Crippen molar-refractivity contribution >= 4 is 0 Å². The highest BCUT2D eigenvalue weighted by molar-refractivity contribution is 5.06. The Morgan fingerprint density at radius 2 is 2.13 bits per heavy atom. The Morgan fingerprint density at radius 3 is 2.74 bits per heavy atom. The summed E-state index contributed by atoms with van der Waals surface area (Å²) in [6.07, 6.45) is 10.8. The molecule has 2 fully saturated rings. The van der Waals surface area contributed by atoms with Crippen LogP contribution in [0.5, 0.6) is 0 Å². The van der Waals surface area contributed by atoms with Crippen LogP contribution in [0.3, 0.4) is 0 Å². The van der Waals surface area contributed by atoms with E-state index in [-0.39, 0.29) is 0 Å². The highest BCUT2D eigenvalue weighted by Crippen LogP contribution is 2.41. The van der Waals surface area contributed by atoms with E-state index >= 15 is 0 Å². The predicted molar refractivity (Wildman–Crippen MR) is 88.8 cm³/mol. The van der Waals surface area contributed by atoms with E-state index in [4.69, 9.17) is 4.42 Å². The third kappa shape index (κ3) is 3.51. The topological polar surface area (TPSA) is 46.2 Å². The zero-order valence-corrected chi connectivity index (χ0v) is 13.8. The maximum absolute atomic E-state index is 5.46. The summed E-state index contributed by atoms with van der Waals surface area (Å²) in [6.45, 7) is 3.21. The van der Waals surface area contributed by atoms with Gasteiger partial charge in [0.1, 0.15) is 11.6 Å². The predicted octanol–water partition coefficient (Wildman–Crippen LogP) is 2.72. The normalized spacial score (nSPS) is 21.6. The van der Waals surface area contributed by atoms with Crippen molar-refractivity contribution in [3.63, 3.8) is 0 Å². The minimum absolute atomic E-state index is 0.427. The van der Waals surface area contributed by atoms with E-state index in [1.54, 1.807) is 6.26 Å². The van der Waals surface area contributed by atoms with Crippen molar-refractivity contribution in [1.82, 2.24) is 19.8 Å². The number of hydrogen-bond acceptors (Lipinski definition) is 4. The molecule has 23 heavy (non-hydrogen) atoms. The molecular weight excluding hydrogens is 288 g/mol. The largest absolute Gasteiger partial charge is 0.468 e. The van der Waals surface area contributed by atoms with Crippen LogP contribution in [0.4, 0.5) is 0 Å². The lowest BCUT2D eigenvalue weighted by atomic mass is 10.0. The fourth-order valence-corrected chi connectivity index (χ4v) is 3.66. The quantitative estimate of drug-likeness (QED) is 0.890. The Kier molecular flexibility index (Phi) is 4.23. The first kappa shape index (κ1) is 15.0. The zero-order chi connectivity index (χ0) is 15.6. The molecule has 124 valence electrons. The minimum atomic E-state index is 0.427. The number of aryl methyl sites for hydroxylation is 1. The van der Waals surface area contributed by atoms with Crippen LogP contribution in [0.25, 0.3) is 0 Å². The summed E-state index contributed by atoms with van der Waals surface area (Å²) in [4.78, 5) is 7.08. The van der Waals surface area contributed by atoms with Gasteiger partial charge in [-0.1, -0.05) is 0 Å². The zero-order valence-electron chi connectivity index (χ0n) is 13.8. The number of piperidine rings is 1. The van der Waals surface area contributed by atoms with E-state index in [0.717, 1.165) is 31.3 Å². The summed E-state index contributed by atoms with van der Waals surface area (Å²) in [6, 6.07) is 5.06. The van der Waals surface area contributed by atoms with Crippen LogP contribution in [0.15, 0.2) is 35.2 Å². The van der Waals surface area contributed by atoms with Crippen molar-refractivity contribution in [3.05, 3.63) is 42.4 Å². The lowest BCUT2D eigenvalue weighted by molar-refractivity contribution is 0.169. The average Bonchev–Trinajstić information content (AvgIpc) is 3.11. The highest BCUT2D eigenvalue weighted by Gasteiger charge is 2.36. The van der Waals surface area contributed by atoms with Gasteiger partial charge in [0.05, 0.1) is 18.8 Å². The second-order valence-corrected chi connectivity index (χ2v) is 7.01. The molecule has 2 aliphatic rings. The average molecular weight is 314 g/mol. The van der Waals surface area contributed by atoms with Crippen LogP contribution < -0.4 is 5.32 Å². The van der Waals surface area contributed by atoms with Gasteiger partial charge in [-0.15, -0.1) is 0 Å². The van der Waals surface area contributed by atoms with Crippen LogP contribution in [-0.4, -0.2) is 33.6 Å². The highest BCUT2D eigenvalue weighted by atomic mass is 16.3. The first-order valence-corrected chi connectivity index (χ1v) is 8.77. The monoisotopic (exact) mass is 314 g/mol. The molecule has 4 rings (SSSR count). The van der Waals surface area contributed by atoms with E-state index in [1.165, 1.54) is 31.5 Å². The SMILES string of the molecule is Cn1ccnc1[C@H](NC1CCN(Cc2ccco2)CC1)C1CC1. The standard InChI is InChI=1S/C18H26N4O/c1-21-11-8-19-18(21)17(14-4-5-14)20-15-6-9-22(10-7-15)13-16-3-2-12-23-16/h2-3,8,11-12,14-15,17,20H,4-7,9-10,13H2,1H3/t17-/m1/s1. The van der Waals surface area contributed by atoms with Crippen LogP contribution in [0, 0.1) is 5.92 Å². The van der Waals surface area contributed by atoms with Crippen LogP contribution >= 0.6 is 0 Å². The van der Waals surface area contributed by atoms with Crippen LogP contribution in [0.2, 0.25) is 0 Å². The molecule has 3 heterocycles. The Labute approximate surface area is 137 Å². The van der Waals surface area contributed by atoms with Gasteiger partial charge in [-0.25, -0.2) is 4.98 Å². The first-order valence-electron chi connectivity index (χ1n) is 8.77. The number of rotatable bonds is 6. The Balaban J connectivity index is 1.32. The molecule has 0 aromatic carbocycles. The number of likely N-dealkylation sites (tertiary alicyclic amines) is 1. The lowest BCUT2D eigenvalue weighted by Crippen LogP contribution is -2.44. The summed E-state index contributed by atoms with van der Waals surface area (Å²) >= 11 is 0. The van der Waals surface area contributed by atoms with Crippen molar-refractivity contribution in [1.29, 1.82) is 0 Å². The molecule has 5 nitrogen and oxygen atoms in total. The molecule has 1 aliphatic carbocycles. The Bertz CT molecular complexity index is 609. The maximum atomic E-state index is 5.46. The van der Waals surface area contributed by atoms with Crippen LogP contribution in [0.1, 0.15) is 43.3 Å². The third-order valence-corrected chi connectivity index (χ3v) is 5.19. The number of nitrogens with one attached hydrogen (secondary N) is 1. The third-order valence-electron chi connectivity index (χ3n) is 5.19. The molecule has 5 heteroatoms. The first-order chi connectivity index (χ1) is 11.3. The van der Waals surface area contributed by atoms with Gasteiger partial charge in [0.25, 0.3) is 0 Å². The van der Waals surface area contributed by atoms with Gasteiger partial charge in [0.2, 0.25) is 0 Å². The van der Waals surface area contributed by atoms with Gasteiger partial charge in [-0.3, -0.25) is 4.90 Å². The van der Waals surface area contributed by atoms with Gasteiger partial charge in [-0.2, -0.15) is 0 Å². The van der Waals surface area contributed by atoms with Crippen molar-refractivity contribution in [2.24, 2.45) is 13.0 Å². The van der Waals surface area contributed by atoms with Crippen molar-refractivity contribution in [3.8, 4) is 0 Å². The van der Waals surface area contributed by atoms with Gasteiger partial charge < -0.3 is 14.3 Å². The van der Waals surface area contributed by atoms with Gasteiger partial charge in [0.15, 0.2) is 0 Å². The number of hydrogen-bond donors (Lipinski definition) is 1. The fraction of sp³-hybridized carbons (Fsp3) is 0.611. The molecule has 2 aromatic heterocycles. The van der Waals surface area contributed by atoms with Crippen molar-refractivity contribution in [2.45, 2.75) is 44.3 Å². The van der Waals surface area contributed by atoms with E-state index in [2.05, 4.69) is 39.1 Å². The molecule has 1 atom stereocenters. The second-order valence-electron chi connectivity index (χ2n) is 7.01. The molecule has 0 radical (unpaired) electrons. The molecule has 0 amide bonds. The molecular formula is C18H26N4O. The maximum Gasteiger partial charge on any atom is 0.125 e. The minimum Gasteiger partial charge on any atom is -0.468 e. The second kappa shape index (κ2) is 6.49. The fourth-order valence-electron chi connectivity index (χ4n) is 3.66. The molecule has 0 bridgehead atoms. The van der Waals surface area contributed by atoms with Gasteiger partial charge in [-0.05, 0) is 43.7 Å². The van der Waals surface area contributed by atoms with E-state index in [1.807, 2.05) is 12.3 Å². The molecule has 2 aromatic rings. The lowest BCUT2D eigenvalue weighted by Gasteiger charge is -2.34. The summed E-state index contributed by atoms with van der Waals surface area (Å²) < 4.78 is 7.63. The van der Waals surface area contributed by atoms with Crippen molar-refractivity contribution in [2.75, 3.05) is 13.1 Å². The van der Waals surface area contributed by atoms with E-state index < -0.39 is 0 Å². The molecule has 1 aliphatic heterocycles. The molecule has 0 unspecified atom stereocenters. The summed E-state index contributed by atoms with van der Waals surface area (Å²) in [5, 5.41) is 3.91. The smallest absolute Gasteiger partial charge is 0.125 e. The molecule has 0 spiro atoms. The number of furan rings is 1. The Morgan fingerprint density at radius 1 is 1.30 bits per heavy atom. The van der Waals surface area contributed by atoms with E-state index in [0.29, 0.717) is 12.1 Å². The van der Waals surface area contributed by atoms with Gasteiger partial charge >= 0.3 is 0 Å². The molecule has 1 saturated heterocycles. The number of imidazole rings is 1. The van der Waals surface area contributed by atoms with E-state index in [9.17, 15) is 0 Å². The van der Waals surface area contributed by atoms with Crippen molar-refractivity contribution < 1.29 is 4.42 Å². The molecule has 1 saturated carbocycles. The van der Waals surface area contributed by atoms with Gasteiger partial charge in [0, 0.05) is 38.6 Å². The summed E-state index contributed by atoms with van der Waals surface area (Å²) in [5.74, 6) is 3.04.